The quantitative estimate of drug-likeness (QED) is 0.331. The molecule has 6 nitrogen and oxygen atoms in total. The highest BCUT2D eigenvalue weighted by molar-refractivity contribution is 14.0. The van der Waals surface area contributed by atoms with Crippen molar-refractivity contribution in [3.63, 3.8) is 0 Å². The average Bonchev–Trinajstić information content (AvgIpc) is 2.79. The fourth-order valence-electron chi connectivity index (χ4n) is 3.86. The fraction of sp³-hybridized carbons (Fsp3) is 0.458. The molecule has 0 spiro atoms. The van der Waals surface area contributed by atoms with Crippen molar-refractivity contribution in [1.82, 2.24) is 15.1 Å². The van der Waals surface area contributed by atoms with Crippen LogP contribution in [0.15, 0.2) is 53.5 Å². The number of benzene rings is 2. The monoisotopic (exact) mass is 538 g/mol. The van der Waals surface area contributed by atoms with Crippen LogP contribution in [0, 0.1) is 6.92 Å². The van der Waals surface area contributed by atoms with Gasteiger partial charge >= 0.3 is 0 Å². The molecule has 0 saturated carbocycles. The lowest BCUT2D eigenvalue weighted by atomic mass is 10.0. The van der Waals surface area contributed by atoms with Crippen LogP contribution in [0.5, 0.6) is 5.75 Å². The standard InChI is InChI=1S/C24H34N4O2.HI/c1-19-7-5-6-8-21(19)18-27(3)24(25-2)26-17-23(28-13-15-30-16-14-28)20-9-11-22(29-4)12-10-20;/h5-12,23H,13-18H2,1-4H3,(H,25,26);1H. The van der Waals surface area contributed by atoms with Gasteiger partial charge in [-0.1, -0.05) is 36.4 Å². The minimum absolute atomic E-state index is 0. The van der Waals surface area contributed by atoms with Gasteiger partial charge in [0.1, 0.15) is 5.75 Å². The number of nitrogens with zero attached hydrogens (tertiary/aromatic N) is 3. The Hall–Kier alpha value is -1.84. The van der Waals surface area contributed by atoms with Gasteiger partial charge in [-0.3, -0.25) is 9.89 Å². The molecule has 2 aromatic rings. The van der Waals surface area contributed by atoms with Crippen LogP contribution in [0.25, 0.3) is 0 Å². The van der Waals surface area contributed by atoms with Crippen LogP contribution in [0.4, 0.5) is 0 Å². The molecule has 0 aliphatic carbocycles. The molecule has 0 amide bonds. The van der Waals surface area contributed by atoms with Crippen LogP contribution in [0.2, 0.25) is 0 Å². The molecule has 1 unspecified atom stereocenters. The summed E-state index contributed by atoms with van der Waals surface area (Å²) in [6.07, 6.45) is 0. The SMILES string of the molecule is CN=C(NCC(c1ccc(OC)cc1)N1CCOCC1)N(C)Cc1ccccc1C.I. The summed E-state index contributed by atoms with van der Waals surface area (Å²) in [4.78, 5) is 9.17. The number of rotatable bonds is 7. The van der Waals surface area contributed by atoms with Crippen molar-refractivity contribution in [2.75, 3.05) is 54.1 Å². The van der Waals surface area contributed by atoms with Crippen LogP contribution in [0.3, 0.4) is 0 Å². The molecule has 1 fully saturated rings. The minimum atomic E-state index is 0. The average molecular weight is 538 g/mol. The Morgan fingerprint density at radius 1 is 1.16 bits per heavy atom. The zero-order chi connectivity index (χ0) is 21.3. The third-order valence-corrected chi connectivity index (χ3v) is 5.68. The minimum Gasteiger partial charge on any atom is -0.497 e. The van der Waals surface area contributed by atoms with Crippen molar-refractivity contribution in [3.05, 3.63) is 65.2 Å². The topological polar surface area (TPSA) is 49.3 Å². The third-order valence-electron chi connectivity index (χ3n) is 5.68. The Morgan fingerprint density at radius 2 is 1.84 bits per heavy atom. The van der Waals surface area contributed by atoms with E-state index < -0.39 is 0 Å². The second-order valence-electron chi connectivity index (χ2n) is 7.65. The number of morpholine rings is 1. The summed E-state index contributed by atoms with van der Waals surface area (Å²) in [5.41, 5.74) is 3.87. The number of hydrogen-bond donors (Lipinski definition) is 1. The zero-order valence-corrected chi connectivity index (χ0v) is 21.3. The van der Waals surface area contributed by atoms with E-state index in [0.29, 0.717) is 0 Å². The van der Waals surface area contributed by atoms with E-state index in [1.807, 2.05) is 19.2 Å². The van der Waals surface area contributed by atoms with Crippen LogP contribution in [0.1, 0.15) is 22.7 Å². The molecule has 1 N–H and O–H groups in total. The molecule has 7 heteroatoms. The van der Waals surface area contributed by atoms with Crippen LogP contribution in [-0.4, -0.2) is 69.8 Å². The molecule has 2 aromatic carbocycles. The van der Waals surface area contributed by atoms with E-state index in [9.17, 15) is 0 Å². The van der Waals surface area contributed by atoms with Crippen LogP contribution in [-0.2, 0) is 11.3 Å². The molecule has 1 atom stereocenters. The molecule has 31 heavy (non-hydrogen) atoms. The van der Waals surface area contributed by atoms with E-state index in [2.05, 4.69) is 70.5 Å². The number of hydrogen-bond acceptors (Lipinski definition) is 4. The lowest BCUT2D eigenvalue weighted by Gasteiger charge is -2.35. The summed E-state index contributed by atoms with van der Waals surface area (Å²) in [5, 5.41) is 3.60. The molecular weight excluding hydrogens is 503 g/mol. The van der Waals surface area contributed by atoms with Gasteiger partial charge in [0.25, 0.3) is 0 Å². The molecule has 1 aliphatic heterocycles. The van der Waals surface area contributed by atoms with Gasteiger partial charge in [-0.2, -0.15) is 0 Å². The van der Waals surface area contributed by atoms with E-state index in [0.717, 1.165) is 51.1 Å². The smallest absolute Gasteiger partial charge is 0.193 e. The molecule has 1 saturated heterocycles. The second kappa shape index (κ2) is 12.9. The molecule has 1 heterocycles. The van der Waals surface area contributed by atoms with Gasteiger partial charge in [0.2, 0.25) is 0 Å². The van der Waals surface area contributed by atoms with E-state index in [1.54, 1.807) is 7.11 Å². The maximum atomic E-state index is 5.57. The first kappa shape index (κ1) is 25.4. The van der Waals surface area contributed by atoms with Gasteiger partial charge in [-0.25, -0.2) is 0 Å². The maximum Gasteiger partial charge on any atom is 0.193 e. The van der Waals surface area contributed by atoms with Gasteiger partial charge in [-0.15, -0.1) is 24.0 Å². The number of methoxy groups -OCH3 is 1. The van der Waals surface area contributed by atoms with Gasteiger partial charge in [-0.05, 0) is 35.7 Å². The van der Waals surface area contributed by atoms with Crippen molar-refractivity contribution in [2.24, 2.45) is 4.99 Å². The summed E-state index contributed by atoms with van der Waals surface area (Å²) in [7, 11) is 5.62. The lowest BCUT2D eigenvalue weighted by Crippen LogP contribution is -2.46. The number of aliphatic imine (C=N–C) groups is 1. The van der Waals surface area contributed by atoms with E-state index in [4.69, 9.17) is 9.47 Å². The second-order valence-corrected chi connectivity index (χ2v) is 7.65. The summed E-state index contributed by atoms with van der Waals surface area (Å²) >= 11 is 0. The summed E-state index contributed by atoms with van der Waals surface area (Å²) < 4.78 is 10.9. The van der Waals surface area contributed by atoms with Crippen molar-refractivity contribution in [1.29, 1.82) is 0 Å². The molecule has 3 rings (SSSR count). The molecule has 0 radical (unpaired) electrons. The highest BCUT2D eigenvalue weighted by Gasteiger charge is 2.23. The number of ether oxygens (including phenoxy) is 2. The number of nitrogens with one attached hydrogen (secondary N) is 1. The van der Waals surface area contributed by atoms with Gasteiger partial charge in [0, 0.05) is 40.3 Å². The summed E-state index contributed by atoms with van der Waals surface area (Å²) in [5.74, 6) is 1.77. The number of halogens is 1. The molecule has 0 aromatic heterocycles. The van der Waals surface area contributed by atoms with Crippen molar-refractivity contribution in [3.8, 4) is 5.75 Å². The first-order valence-corrected chi connectivity index (χ1v) is 10.5. The first-order chi connectivity index (χ1) is 14.6. The fourth-order valence-corrected chi connectivity index (χ4v) is 3.86. The highest BCUT2D eigenvalue weighted by atomic mass is 127. The highest BCUT2D eigenvalue weighted by Crippen LogP contribution is 2.24. The zero-order valence-electron chi connectivity index (χ0n) is 19.0. The van der Waals surface area contributed by atoms with Gasteiger partial charge < -0.3 is 19.7 Å². The van der Waals surface area contributed by atoms with Crippen LogP contribution >= 0.6 is 24.0 Å². The number of aryl methyl sites for hydroxylation is 1. The Morgan fingerprint density at radius 3 is 2.45 bits per heavy atom. The summed E-state index contributed by atoms with van der Waals surface area (Å²) in [6, 6.07) is 17.1. The van der Waals surface area contributed by atoms with Gasteiger partial charge in [0.15, 0.2) is 5.96 Å². The van der Waals surface area contributed by atoms with E-state index in [1.165, 1.54) is 16.7 Å². The number of guanidine groups is 1. The summed E-state index contributed by atoms with van der Waals surface area (Å²) in [6.45, 7) is 7.14. The van der Waals surface area contributed by atoms with E-state index in [-0.39, 0.29) is 30.0 Å². The Bertz CT molecular complexity index is 823. The molecule has 170 valence electrons. The maximum absolute atomic E-state index is 5.57. The van der Waals surface area contributed by atoms with E-state index >= 15 is 0 Å². The predicted molar refractivity (Wildman–Crippen MR) is 138 cm³/mol. The predicted octanol–water partition coefficient (Wildman–Crippen LogP) is 3.70. The third kappa shape index (κ3) is 7.08. The van der Waals surface area contributed by atoms with Gasteiger partial charge in [0.05, 0.1) is 26.4 Å². The first-order valence-electron chi connectivity index (χ1n) is 10.5. The van der Waals surface area contributed by atoms with Crippen molar-refractivity contribution < 1.29 is 9.47 Å². The van der Waals surface area contributed by atoms with Crippen LogP contribution < -0.4 is 10.1 Å². The largest absolute Gasteiger partial charge is 0.497 e. The molecular formula is C24H35IN4O2. The Kier molecular flexibility index (Phi) is 10.6. The lowest BCUT2D eigenvalue weighted by molar-refractivity contribution is 0.0169. The Balaban J connectivity index is 0.00000341. The Labute approximate surface area is 203 Å². The van der Waals surface area contributed by atoms with Crippen molar-refractivity contribution >= 4 is 29.9 Å². The molecule has 1 aliphatic rings. The van der Waals surface area contributed by atoms with Crippen molar-refractivity contribution in [2.45, 2.75) is 19.5 Å². The normalized spacial score (nSPS) is 15.7. The molecule has 0 bridgehead atoms.